The van der Waals surface area contributed by atoms with Gasteiger partial charge in [0.15, 0.2) is 0 Å². The fourth-order valence-electron chi connectivity index (χ4n) is 1.33. The van der Waals surface area contributed by atoms with Crippen molar-refractivity contribution in [3.8, 4) is 5.75 Å². The van der Waals surface area contributed by atoms with Crippen molar-refractivity contribution in [2.75, 3.05) is 13.7 Å². The summed E-state index contributed by atoms with van der Waals surface area (Å²) in [5.74, 6) is -0.132. The number of hydrogen-bond donors (Lipinski definition) is 0. The van der Waals surface area contributed by atoms with Crippen LogP contribution in [0.1, 0.15) is 12.5 Å². The Morgan fingerprint density at radius 3 is 2.47 bits per heavy atom. The lowest BCUT2D eigenvalue weighted by Gasteiger charge is -2.21. The fraction of sp³-hybridized carbons (Fsp3) is 0.455. The number of hydrogen-bond acceptors (Lipinski definition) is 2. The van der Waals surface area contributed by atoms with Crippen LogP contribution in [0.15, 0.2) is 18.2 Å². The molecule has 1 aromatic carbocycles. The zero-order chi connectivity index (χ0) is 13.1. The minimum absolute atomic E-state index is 0.0960. The number of methoxy groups -OCH3 is 1. The number of benzene rings is 1. The molecule has 0 spiro atoms. The zero-order valence-corrected chi connectivity index (χ0v) is 10.0. The standard InChI is InChI=1S/C11H15BF3O2/c1-8-4-5-11(17-7-9(2)16-3)10(6-8)12(13,14)15/h4-6,9H,7H2,1-3H3/q-1. The third-order valence-electron chi connectivity index (χ3n) is 2.39. The molecule has 0 bridgehead atoms. The monoisotopic (exact) mass is 247 g/mol. The fourth-order valence-corrected chi connectivity index (χ4v) is 1.33. The van der Waals surface area contributed by atoms with Gasteiger partial charge >= 0.3 is 6.98 Å². The van der Waals surface area contributed by atoms with Crippen LogP contribution in [0.4, 0.5) is 12.9 Å². The minimum atomic E-state index is -5.06. The summed E-state index contributed by atoms with van der Waals surface area (Å²) in [5, 5.41) is 0. The van der Waals surface area contributed by atoms with Crippen LogP contribution in [0, 0.1) is 6.92 Å². The molecule has 1 aromatic rings. The molecule has 0 aliphatic carbocycles. The average Bonchev–Trinajstić information content (AvgIpc) is 2.25. The Bertz CT molecular complexity index is 379. The van der Waals surface area contributed by atoms with Gasteiger partial charge in [0, 0.05) is 7.11 Å². The van der Waals surface area contributed by atoms with Crippen LogP contribution in [0.3, 0.4) is 0 Å². The van der Waals surface area contributed by atoms with E-state index in [-0.39, 0.29) is 18.5 Å². The van der Waals surface area contributed by atoms with Crippen molar-refractivity contribution in [2.45, 2.75) is 20.0 Å². The highest BCUT2D eigenvalue weighted by molar-refractivity contribution is 6.74. The Morgan fingerprint density at radius 1 is 1.29 bits per heavy atom. The van der Waals surface area contributed by atoms with Crippen LogP contribution in [-0.4, -0.2) is 26.8 Å². The number of rotatable bonds is 5. The Labute approximate surface area is 98.8 Å². The van der Waals surface area contributed by atoms with E-state index in [4.69, 9.17) is 9.47 Å². The second kappa shape index (κ2) is 5.45. The van der Waals surface area contributed by atoms with Gasteiger partial charge in [0.2, 0.25) is 0 Å². The summed E-state index contributed by atoms with van der Waals surface area (Å²) in [6.45, 7) is -1.62. The molecule has 0 aromatic heterocycles. The van der Waals surface area contributed by atoms with E-state index < -0.39 is 12.4 Å². The Hall–Kier alpha value is -1.17. The SMILES string of the molecule is COC(C)COc1ccc(C)cc1[B-](F)(F)F. The van der Waals surface area contributed by atoms with E-state index in [1.165, 1.54) is 13.2 Å². The van der Waals surface area contributed by atoms with Gasteiger partial charge in [-0.2, -0.15) is 0 Å². The molecule has 6 heteroatoms. The summed E-state index contributed by atoms with van der Waals surface area (Å²) in [4.78, 5) is 0. The van der Waals surface area contributed by atoms with E-state index in [0.717, 1.165) is 6.07 Å². The third kappa shape index (κ3) is 3.96. The van der Waals surface area contributed by atoms with E-state index in [0.29, 0.717) is 5.56 Å². The molecular formula is C11H15BF3O2-. The highest BCUT2D eigenvalue weighted by Crippen LogP contribution is 2.19. The van der Waals surface area contributed by atoms with E-state index in [2.05, 4.69) is 0 Å². The first-order valence-corrected chi connectivity index (χ1v) is 5.30. The number of halogens is 3. The molecule has 1 atom stereocenters. The van der Waals surface area contributed by atoms with Gasteiger partial charge in [-0.3, -0.25) is 0 Å². The topological polar surface area (TPSA) is 18.5 Å². The lowest BCUT2D eigenvalue weighted by atomic mass is 9.78. The molecule has 96 valence electrons. The molecule has 0 radical (unpaired) electrons. The lowest BCUT2D eigenvalue weighted by molar-refractivity contribution is 0.0719. The minimum Gasteiger partial charge on any atom is -0.494 e. The molecule has 2 nitrogen and oxygen atoms in total. The molecule has 1 rings (SSSR count). The zero-order valence-electron chi connectivity index (χ0n) is 10.0. The predicted molar refractivity (Wildman–Crippen MR) is 61.9 cm³/mol. The Kier molecular flexibility index (Phi) is 4.45. The van der Waals surface area contributed by atoms with Gasteiger partial charge in [0.05, 0.1) is 11.9 Å². The van der Waals surface area contributed by atoms with Crippen LogP contribution in [0.5, 0.6) is 5.75 Å². The average molecular weight is 247 g/mol. The maximum Gasteiger partial charge on any atom is 0.513 e. The number of ether oxygens (including phenoxy) is 2. The second-order valence-corrected chi connectivity index (χ2v) is 3.97. The molecular weight excluding hydrogens is 232 g/mol. The summed E-state index contributed by atoms with van der Waals surface area (Å²) in [5.41, 5.74) is -0.125. The highest BCUT2D eigenvalue weighted by atomic mass is 19.4. The van der Waals surface area contributed by atoms with Crippen molar-refractivity contribution in [3.63, 3.8) is 0 Å². The first-order chi connectivity index (χ1) is 7.84. The van der Waals surface area contributed by atoms with Crippen LogP contribution in [0.25, 0.3) is 0 Å². The quantitative estimate of drug-likeness (QED) is 0.744. The van der Waals surface area contributed by atoms with Gasteiger partial charge < -0.3 is 22.4 Å². The Morgan fingerprint density at radius 2 is 1.94 bits per heavy atom. The van der Waals surface area contributed by atoms with Gasteiger partial charge in [-0.05, 0) is 19.9 Å². The molecule has 0 amide bonds. The predicted octanol–water partition coefficient (Wildman–Crippen LogP) is 2.46. The number of aryl methyl sites for hydroxylation is 1. The van der Waals surface area contributed by atoms with Crippen molar-refractivity contribution in [1.29, 1.82) is 0 Å². The summed E-state index contributed by atoms with van der Waals surface area (Å²) in [6, 6.07) is 4.05. The van der Waals surface area contributed by atoms with Crippen molar-refractivity contribution in [1.82, 2.24) is 0 Å². The molecule has 0 heterocycles. The Balaban J connectivity index is 2.91. The smallest absolute Gasteiger partial charge is 0.494 e. The van der Waals surface area contributed by atoms with Gasteiger partial charge in [-0.15, -0.1) is 0 Å². The van der Waals surface area contributed by atoms with Gasteiger partial charge in [0.1, 0.15) is 6.61 Å². The summed E-state index contributed by atoms with van der Waals surface area (Å²) >= 11 is 0. The highest BCUT2D eigenvalue weighted by Gasteiger charge is 2.29. The molecule has 1 unspecified atom stereocenters. The largest absolute Gasteiger partial charge is 0.513 e. The molecule has 17 heavy (non-hydrogen) atoms. The van der Waals surface area contributed by atoms with Crippen LogP contribution >= 0.6 is 0 Å². The van der Waals surface area contributed by atoms with Crippen molar-refractivity contribution >= 4 is 12.4 Å². The molecule has 0 fully saturated rings. The first kappa shape index (κ1) is 13.9. The maximum atomic E-state index is 12.8. The summed E-state index contributed by atoms with van der Waals surface area (Å²) in [7, 11) is 1.48. The van der Waals surface area contributed by atoms with E-state index in [9.17, 15) is 12.9 Å². The van der Waals surface area contributed by atoms with Crippen molar-refractivity contribution in [3.05, 3.63) is 23.8 Å². The third-order valence-corrected chi connectivity index (χ3v) is 2.39. The van der Waals surface area contributed by atoms with Crippen LogP contribution in [-0.2, 0) is 4.74 Å². The van der Waals surface area contributed by atoms with Crippen molar-refractivity contribution in [2.24, 2.45) is 0 Å². The lowest BCUT2D eigenvalue weighted by Crippen LogP contribution is -2.36. The van der Waals surface area contributed by atoms with Gasteiger partial charge in [-0.25, -0.2) is 0 Å². The molecule has 0 aliphatic rings. The maximum absolute atomic E-state index is 12.8. The van der Waals surface area contributed by atoms with Gasteiger partial charge in [0.25, 0.3) is 0 Å². The van der Waals surface area contributed by atoms with E-state index >= 15 is 0 Å². The van der Waals surface area contributed by atoms with E-state index in [1.54, 1.807) is 19.9 Å². The first-order valence-electron chi connectivity index (χ1n) is 5.30. The van der Waals surface area contributed by atoms with Crippen LogP contribution < -0.4 is 10.2 Å². The molecule has 0 saturated heterocycles. The van der Waals surface area contributed by atoms with Gasteiger partial charge in [-0.1, -0.05) is 23.2 Å². The normalized spacial score (nSPS) is 13.5. The second-order valence-electron chi connectivity index (χ2n) is 3.97. The van der Waals surface area contributed by atoms with E-state index in [1.807, 2.05) is 0 Å². The summed E-state index contributed by atoms with van der Waals surface area (Å²) < 4.78 is 48.4. The molecule has 0 N–H and O–H groups in total. The molecule has 0 aliphatic heterocycles. The molecule has 0 saturated carbocycles. The van der Waals surface area contributed by atoms with Crippen LogP contribution in [0.2, 0.25) is 0 Å². The van der Waals surface area contributed by atoms with Crippen molar-refractivity contribution < 1.29 is 22.4 Å². The summed E-state index contributed by atoms with van der Waals surface area (Å²) in [6.07, 6.45) is -0.245.